The molecule has 3 nitrogen and oxygen atoms in total. The van der Waals surface area contributed by atoms with Gasteiger partial charge in [0.15, 0.2) is 11.5 Å². The third-order valence-corrected chi connectivity index (χ3v) is 5.94. The Hall–Kier alpha value is -1.85. The van der Waals surface area contributed by atoms with Crippen LogP contribution in [0.3, 0.4) is 0 Å². The first-order chi connectivity index (χ1) is 13.9. The monoisotopic (exact) mass is 412 g/mol. The van der Waals surface area contributed by atoms with Crippen LogP contribution in [0.5, 0.6) is 17.2 Å². The van der Waals surface area contributed by atoms with E-state index in [1.54, 1.807) is 13.0 Å². The van der Waals surface area contributed by atoms with Crippen LogP contribution in [0.15, 0.2) is 24.3 Å². The first kappa shape index (κ1) is 21.8. The largest absolute Gasteiger partial charge is 0.573 e. The zero-order valence-corrected chi connectivity index (χ0v) is 17.1. The average Bonchev–Trinajstić information content (AvgIpc) is 3.36. The molecular weight excluding hydrogens is 381 g/mol. The number of hydrogen-bond donors (Lipinski definition) is 0. The lowest BCUT2D eigenvalue weighted by Crippen LogP contribution is -2.19. The molecule has 2 fully saturated rings. The molecule has 2 aliphatic rings. The van der Waals surface area contributed by atoms with Gasteiger partial charge in [0.05, 0.1) is 6.61 Å². The van der Waals surface area contributed by atoms with E-state index in [0.29, 0.717) is 36.4 Å². The molecule has 0 spiro atoms. The van der Waals surface area contributed by atoms with Crippen LogP contribution in [0.2, 0.25) is 0 Å². The van der Waals surface area contributed by atoms with Gasteiger partial charge in [0, 0.05) is 5.56 Å². The number of alkyl halides is 3. The number of halogens is 3. The molecule has 0 bridgehead atoms. The molecular formula is C23H31F3O3. The lowest BCUT2D eigenvalue weighted by molar-refractivity contribution is -0.275. The molecule has 2 aliphatic carbocycles. The van der Waals surface area contributed by atoms with Gasteiger partial charge in [0.2, 0.25) is 0 Å². The lowest BCUT2D eigenvalue weighted by Gasteiger charge is -2.19. The number of ether oxygens (including phenoxy) is 3. The fourth-order valence-corrected chi connectivity index (χ4v) is 4.33. The van der Waals surface area contributed by atoms with E-state index in [2.05, 4.69) is 10.8 Å². The molecule has 1 aromatic rings. The van der Waals surface area contributed by atoms with Crippen molar-refractivity contribution in [2.24, 2.45) is 11.8 Å². The van der Waals surface area contributed by atoms with Gasteiger partial charge in [-0.15, -0.1) is 13.2 Å². The van der Waals surface area contributed by atoms with Gasteiger partial charge < -0.3 is 14.2 Å². The number of hydrogen-bond acceptors (Lipinski definition) is 3. The summed E-state index contributed by atoms with van der Waals surface area (Å²) >= 11 is 0. The molecule has 2 saturated carbocycles. The normalized spacial score (nSPS) is 18.6. The van der Waals surface area contributed by atoms with Crippen molar-refractivity contribution in [3.63, 3.8) is 0 Å². The summed E-state index contributed by atoms with van der Waals surface area (Å²) in [6, 6.07) is 3.17. The quantitative estimate of drug-likeness (QED) is 0.410. The second-order valence-corrected chi connectivity index (χ2v) is 8.14. The molecule has 162 valence electrons. The van der Waals surface area contributed by atoms with E-state index in [1.807, 2.05) is 6.08 Å². The molecule has 0 amide bonds. The van der Waals surface area contributed by atoms with Gasteiger partial charge in [-0.05, 0) is 50.2 Å². The van der Waals surface area contributed by atoms with Crippen molar-refractivity contribution in [1.82, 2.24) is 0 Å². The van der Waals surface area contributed by atoms with Gasteiger partial charge >= 0.3 is 6.36 Å². The van der Waals surface area contributed by atoms with Gasteiger partial charge in [-0.2, -0.15) is 0 Å². The molecule has 3 rings (SSSR count). The molecule has 0 saturated heterocycles. The highest BCUT2D eigenvalue weighted by Crippen LogP contribution is 2.40. The summed E-state index contributed by atoms with van der Waals surface area (Å²) in [4.78, 5) is 0. The highest BCUT2D eigenvalue weighted by molar-refractivity contribution is 5.53. The lowest BCUT2D eigenvalue weighted by atomic mass is 10.1. The van der Waals surface area contributed by atoms with Crippen molar-refractivity contribution in [2.45, 2.75) is 71.1 Å². The Balaban J connectivity index is 1.63. The van der Waals surface area contributed by atoms with Gasteiger partial charge in [-0.25, -0.2) is 0 Å². The zero-order chi connectivity index (χ0) is 20.7. The van der Waals surface area contributed by atoms with E-state index in [-0.39, 0.29) is 11.5 Å². The molecule has 6 heteroatoms. The van der Waals surface area contributed by atoms with Crippen LogP contribution in [0.4, 0.5) is 13.2 Å². The Morgan fingerprint density at radius 3 is 2.31 bits per heavy atom. The minimum atomic E-state index is -4.78. The maximum atomic E-state index is 13.0. The molecule has 0 aliphatic heterocycles. The summed E-state index contributed by atoms with van der Waals surface area (Å²) in [7, 11) is 0. The SMILES string of the molecule is Cc1c(OC/C=C/C2CCCC2)ccc(OCCC2CCCC2)c1OC(F)(F)F. The van der Waals surface area contributed by atoms with Gasteiger partial charge in [-0.1, -0.05) is 50.7 Å². The smallest absolute Gasteiger partial charge is 0.490 e. The highest BCUT2D eigenvalue weighted by atomic mass is 19.4. The fraction of sp³-hybridized carbons (Fsp3) is 0.652. The second kappa shape index (κ2) is 10.3. The first-order valence-corrected chi connectivity index (χ1v) is 10.7. The van der Waals surface area contributed by atoms with Crippen molar-refractivity contribution in [3.05, 3.63) is 29.8 Å². The van der Waals surface area contributed by atoms with E-state index in [0.717, 1.165) is 6.42 Å². The number of benzene rings is 1. The molecule has 1 aromatic carbocycles. The summed E-state index contributed by atoms with van der Waals surface area (Å²) in [5.41, 5.74) is 0.301. The Bertz CT molecular complexity index is 673. The number of rotatable bonds is 9. The zero-order valence-electron chi connectivity index (χ0n) is 17.1. The highest BCUT2D eigenvalue weighted by Gasteiger charge is 2.34. The van der Waals surface area contributed by atoms with Crippen LogP contribution in [0.25, 0.3) is 0 Å². The second-order valence-electron chi connectivity index (χ2n) is 8.14. The average molecular weight is 412 g/mol. The summed E-state index contributed by atoms with van der Waals surface area (Å²) < 4.78 is 54.5. The molecule has 0 aromatic heterocycles. The van der Waals surface area contributed by atoms with Crippen molar-refractivity contribution < 1.29 is 27.4 Å². The molecule has 0 N–H and O–H groups in total. The summed E-state index contributed by atoms with van der Waals surface area (Å²) in [6.45, 7) is 2.29. The van der Waals surface area contributed by atoms with Gasteiger partial charge in [0.1, 0.15) is 12.4 Å². The summed E-state index contributed by atoms with van der Waals surface area (Å²) in [5, 5.41) is 0. The summed E-state index contributed by atoms with van der Waals surface area (Å²) in [6.07, 6.45) is 9.90. The maximum Gasteiger partial charge on any atom is 0.573 e. The van der Waals surface area contributed by atoms with Crippen LogP contribution in [-0.4, -0.2) is 19.6 Å². The van der Waals surface area contributed by atoms with E-state index in [4.69, 9.17) is 9.47 Å². The predicted octanol–water partition coefficient (Wildman–Crippen LogP) is 6.98. The van der Waals surface area contributed by atoms with Crippen molar-refractivity contribution >= 4 is 0 Å². The van der Waals surface area contributed by atoms with E-state index in [1.165, 1.54) is 57.4 Å². The van der Waals surface area contributed by atoms with Crippen LogP contribution in [0.1, 0.15) is 63.4 Å². The summed E-state index contributed by atoms with van der Waals surface area (Å²) in [5.74, 6) is 1.40. The molecule has 0 atom stereocenters. The standard InChI is InChI=1S/C23H31F3O3/c1-17-20(27-15-6-11-18-7-2-3-8-18)12-13-21(22(17)29-23(24,25)26)28-16-14-19-9-4-5-10-19/h6,11-13,18-19H,2-5,7-10,14-16H2,1H3/b11-6+. The van der Waals surface area contributed by atoms with Crippen molar-refractivity contribution in [2.75, 3.05) is 13.2 Å². The fourth-order valence-electron chi connectivity index (χ4n) is 4.33. The number of allylic oxidation sites excluding steroid dienone is 1. The molecule has 29 heavy (non-hydrogen) atoms. The Labute approximate surface area is 171 Å². The van der Waals surface area contributed by atoms with Crippen molar-refractivity contribution in [3.8, 4) is 17.2 Å². The van der Waals surface area contributed by atoms with E-state index in [9.17, 15) is 13.2 Å². The minimum Gasteiger partial charge on any atom is -0.490 e. The topological polar surface area (TPSA) is 27.7 Å². The molecule has 0 unspecified atom stereocenters. The molecule has 0 radical (unpaired) electrons. The van der Waals surface area contributed by atoms with Crippen molar-refractivity contribution in [1.29, 1.82) is 0 Å². The van der Waals surface area contributed by atoms with E-state index >= 15 is 0 Å². The van der Waals surface area contributed by atoms with Crippen LogP contribution in [0, 0.1) is 18.8 Å². The molecule has 0 heterocycles. The Kier molecular flexibility index (Phi) is 7.73. The Morgan fingerprint density at radius 1 is 0.966 bits per heavy atom. The van der Waals surface area contributed by atoms with E-state index < -0.39 is 6.36 Å². The van der Waals surface area contributed by atoms with Crippen LogP contribution < -0.4 is 14.2 Å². The van der Waals surface area contributed by atoms with Crippen LogP contribution >= 0.6 is 0 Å². The Morgan fingerprint density at radius 2 is 1.62 bits per heavy atom. The minimum absolute atomic E-state index is 0.117. The first-order valence-electron chi connectivity index (χ1n) is 10.7. The third kappa shape index (κ3) is 6.86. The van der Waals surface area contributed by atoms with Gasteiger partial charge in [-0.3, -0.25) is 0 Å². The third-order valence-electron chi connectivity index (χ3n) is 5.94. The maximum absolute atomic E-state index is 13.0. The van der Waals surface area contributed by atoms with Gasteiger partial charge in [0.25, 0.3) is 0 Å². The predicted molar refractivity (Wildman–Crippen MR) is 107 cm³/mol. The van der Waals surface area contributed by atoms with Crippen LogP contribution in [-0.2, 0) is 0 Å².